The van der Waals surface area contributed by atoms with Crippen LogP contribution in [0.4, 0.5) is 5.69 Å². The van der Waals surface area contributed by atoms with E-state index in [1.54, 1.807) is 12.1 Å². The van der Waals surface area contributed by atoms with Gasteiger partial charge in [-0.05, 0) is 41.5 Å². The lowest BCUT2D eigenvalue weighted by Crippen LogP contribution is -2.23. The number of nitrogens with zero attached hydrogens (tertiary/aromatic N) is 1. The molecule has 0 aliphatic carbocycles. The van der Waals surface area contributed by atoms with E-state index >= 15 is 0 Å². The second-order valence-electron chi connectivity index (χ2n) is 5.52. The zero-order valence-corrected chi connectivity index (χ0v) is 11.2. The number of hydrogen-bond donors (Lipinski definition) is 1. The van der Waals surface area contributed by atoms with Crippen molar-refractivity contribution in [2.45, 2.75) is 26.2 Å². The number of aliphatic imine (C=N–C) groups is 1. The van der Waals surface area contributed by atoms with Crippen LogP contribution in [0.1, 0.15) is 36.7 Å². The summed E-state index contributed by atoms with van der Waals surface area (Å²) in [5.41, 5.74) is 3.51. The number of carboxylic acid groups (broad SMARTS) is 1. The number of carboxylic acids is 1. The third-order valence-electron chi connectivity index (χ3n) is 4.06. The fraction of sp³-hybridized carbons (Fsp3) is 0.250. The lowest BCUT2D eigenvalue weighted by Gasteiger charge is -2.21. The third-order valence-corrected chi connectivity index (χ3v) is 4.06. The molecule has 3 heteroatoms. The van der Waals surface area contributed by atoms with Crippen molar-refractivity contribution in [3.8, 4) is 0 Å². The summed E-state index contributed by atoms with van der Waals surface area (Å²) in [5.74, 6) is -0.894. The maximum Gasteiger partial charge on any atom is 0.335 e. The first-order chi connectivity index (χ1) is 8.91. The maximum atomic E-state index is 11.0. The van der Waals surface area contributed by atoms with Gasteiger partial charge < -0.3 is 5.11 Å². The maximum absolute atomic E-state index is 11.0. The Kier molecular flexibility index (Phi) is 2.30. The molecule has 0 unspecified atom stereocenters. The van der Waals surface area contributed by atoms with Crippen LogP contribution in [0.2, 0.25) is 0 Å². The van der Waals surface area contributed by atoms with Crippen molar-refractivity contribution >= 4 is 28.1 Å². The number of aromatic carboxylic acids is 1. The molecule has 1 N–H and O–H groups in total. The minimum absolute atomic E-state index is 0.0976. The molecule has 3 nitrogen and oxygen atoms in total. The Bertz CT molecular complexity index is 742. The van der Waals surface area contributed by atoms with Gasteiger partial charge in [0, 0.05) is 11.1 Å². The van der Waals surface area contributed by atoms with Crippen LogP contribution in [0, 0.1) is 0 Å². The molecular formula is C16H15NO2. The standard InChI is InChI=1S/C16H15NO2/c1-9-16(2,3)14-12-6-4-11(15(18)19)8-10(12)5-7-13(14)17-9/h4-8H,1-3H3,(H,18,19). The number of benzene rings is 2. The van der Waals surface area contributed by atoms with E-state index in [0.29, 0.717) is 5.56 Å². The van der Waals surface area contributed by atoms with Crippen LogP contribution < -0.4 is 0 Å². The SMILES string of the molecule is CC1=Nc2ccc3cc(C(=O)O)ccc3c2C1(C)C. The van der Waals surface area contributed by atoms with E-state index in [4.69, 9.17) is 5.11 Å². The van der Waals surface area contributed by atoms with Gasteiger partial charge in [-0.3, -0.25) is 4.99 Å². The Balaban J connectivity index is 2.33. The van der Waals surface area contributed by atoms with Gasteiger partial charge in [0.2, 0.25) is 0 Å². The van der Waals surface area contributed by atoms with E-state index in [1.165, 1.54) is 5.56 Å². The minimum Gasteiger partial charge on any atom is -0.478 e. The van der Waals surface area contributed by atoms with E-state index in [-0.39, 0.29) is 5.41 Å². The van der Waals surface area contributed by atoms with Crippen LogP contribution in [-0.4, -0.2) is 16.8 Å². The summed E-state index contributed by atoms with van der Waals surface area (Å²) < 4.78 is 0. The van der Waals surface area contributed by atoms with Crippen LogP contribution in [0.15, 0.2) is 35.3 Å². The van der Waals surface area contributed by atoms with E-state index < -0.39 is 5.97 Å². The second-order valence-corrected chi connectivity index (χ2v) is 5.52. The van der Waals surface area contributed by atoms with Gasteiger partial charge in [0.15, 0.2) is 0 Å². The first kappa shape index (κ1) is 11.9. The van der Waals surface area contributed by atoms with E-state index in [2.05, 4.69) is 18.8 Å². The number of fused-ring (bicyclic) bond motifs is 3. The highest BCUT2D eigenvalue weighted by Gasteiger charge is 2.33. The molecule has 0 spiro atoms. The third kappa shape index (κ3) is 1.58. The molecule has 2 aromatic carbocycles. The van der Waals surface area contributed by atoms with Gasteiger partial charge >= 0.3 is 5.97 Å². The van der Waals surface area contributed by atoms with Crippen molar-refractivity contribution < 1.29 is 9.90 Å². The fourth-order valence-corrected chi connectivity index (χ4v) is 2.70. The predicted octanol–water partition coefficient (Wildman–Crippen LogP) is 3.92. The van der Waals surface area contributed by atoms with Gasteiger partial charge in [-0.15, -0.1) is 0 Å². The molecule has 1 aliphatic rings. The Morgan fingerprint density at radius 2 is 1.95 bits per heavy atom. The molecule has 1 heterocycles. The van der Waals surface area contributed by atoms with Crippen LogP contribution in [-0.2, 0) is 5.41 Å². The normalized spacial score (nSPS) is 16.3. The molecule has 19 heavy (non-hydrogen) atoms. The molecule has 0 bridgehead atoms. The molecule has 0 radical (unpaired) electrons. The highest BCUT2D eigenvalue weighted by Crippen LogP contribution is 2.44. The van der Waals surface area contributed by atoms with Gasteiger partial charge in [-0.1, -0.05) is 26.0 Å². The molecule has 0 amide bonds. The molecule has 0 saturated heterocycles. The summed E-state index contributed by atoms with van der Waals surface area (Å²) in [4.78, 5) is 15.6. The minimum atomic E-state index is -0.894. The molecule has 1 aliphatic heterocycles. The van der Waals surface area contributed by atoms with Crippen LogP contribution >= 0.6 is 0 Å². The smallest absolute Gasteiger partial charge is 0.335 e. The molecule has 0 fully saturated rings. The van der Waals surface area contributed by atoms with Crippen molar-refractivity contribution in [3.63, 3.8) is 0 Å². The van der Waals surface area contributed by atoms with Crippen molar-refractivity contribution in [2.24, 2.45) is 4.99 Å². The van der Waals surface area contributed by atoms with Crippen molar-refractivity contribution in [1.82, 2.24) is 0 Å². The quantitative estimate of drug-likeness (QED) is 0.837. The Morgan fingerprint density at radius 1 is 1.21 bits per heavy atom. The van der Waals surface area contributed by atoms with Gasteiger partial charge in [0.1, 0.15) is 0 Å². The molecule has 0 saturated carbocycles. The van der Waals surface area contributed by atoms with Crippen LogP contribution in [0.5, 0.6) is 0 Å². The zero-order chi connectivity index (χ0) is 13.8. The predicted molar refractivity (Wildman–Crippen MR) is 76.7 cm³/mol. The average molecular weight is 253 g/mol. The van der Waals surface area contributed by atoms with E-state index in [0.717, 1.165) is 22.2 Å². The first-order valence-electron chi connectivity index (χ1n) is 6.27. The van der Waals surface area contributed by atoms with E-state index in [9.17, 15) is 4.79 Å². The number of carbonyl (C=O) groups is 1. The Morgan fingerprint density at radius 3 is 2.63 bits per heavy atom. The van der Waals surface area contributed by atoms with Crippen molar-refractivity contribution in [1.29, 1.82) is 0 Å². The van der Waals surface area contributed by atoms with Crippen molar-refractivity contribution in [2.75, 3.05) is 0 Å². The summed E-state index contributed by atoms with van der Waals surface area (Å²) in [6.45, 7) is 6.35. The molecular weight excluding hydrogens is 238 g/mol. The second kappa shape index (κ2) is 3.67. The monoisotopic (exact) mass is 253 g/mol. The molecule has 0 atom stereocenters. The lowest BCUT2D eigenvalue weighted by atomic mass is 9.79. The van der Waals surface area contributed by atoms with Gasteiger partial charge in [-0.25, -0.2) is 4.79 Å². The largest absolute Gasteiger partial charge is 0.478 e. The van der Waals surface area contributed by atoms with E-state index in [1.807, 2.05) is 25.1 Å². The summed E-state index contributed by atoms with van der Waals surface area (Å²) in [6, 6.07) is 9.20. The molecule has 2 aromatic rings. The zero-order valence-electron chi connectivity index (χ0n) is 11.2. The number of rotatable bonds is 1. The molecule has 3 rings (SSSR count). The fourth-order valence-electron chi connectivity index (χ4n) is 2.70. The summed E-state index contributed by atoms with van der Waals surface area (Å²) in [7, 11) is 0. The van der Waals surface area contributed by atoms with Crippen LogP contribution in [0.3, 0.4) is 0 Å². The van der Waals surface area contributed by atoms with Gasteiger partial charge in [-0.2, -0.15) is 0 Å². The average Bonchev–Trinajstić information content (AvgIpc) is 2.59. The number of hydrogen-bond acceptors (Lipinski definition) is 2. The van der Waals surface area contributed by atoms with Crippen LogP contribution in [0.25, 0.3) is 10.8 Å². The summed E-state index contributed by atoms with van der Waals surface area (Å²) in [5, 5.41) is 11.1. The summed E-state index contributed by atoms with van der Waals surface area (Å²) in [6.07, 6.45) is 0. The van der Waals surface area contributed by atoms with Gasteiger partial charge in [0.25, 0.3) is 0 Å². The topological polar surface area (TPSA) is 49.7 Å². The molecule has 96 valence electrons. The summed E-state index contributed by atoms with van der Waals surface area (Å²) >= 11 is 0. The molecule has 0 aromatic heterocycles. The van der Waals surface area contributed by atoms with Gasteiger partial charge in [0.05, 0.1) is 11.3 Å². The Hall–Kier alpha value is -2.16. The van der Waals surface area contributed by atoms with Crippen molar-refractivity contribution in [3.05, 3.63) is 41.5 Å². The first-order valence-corrected chi connectivity index (χ1v) is 6.27. The Labute approximate surface area is 111 Å². The lowest BCUT2D eigenvalue weighted by molar-refractivity contribution is 0.0697. The highest BCUT2D eigenvalue weighted by molar-refractivity contribution is 6.07. The highest BCUT2D eigenvalue weighted by atomic mass is 16.4.